The van der Waals surface area contributed by atoms with Crippen LogP contribution in [-0.4, -0.2) is 17.4 Å². The first-order valence-electron chi connectivity index (χ1n) is 8.89. The summed E-state index contributed by atoms with van der Waals surface area (Å²) in [6, 6.07) is 18.6. The normalized spacial score (nSPS) is 11.1. The Morgan fingerprint density at radius 3 is 2.64 bits per heavy atom. The van der Waals surface area contributed by atoms with Crippen LogP contribution in [0.4, 0.5) is 0 Å². The Morgan fingerprint density at radius 2 is 1.80 bits per heavy atom. The topological polar surface area (TPSA) is 44.9 Å². The SMILES string of the molecule is C[C](CNC(=O)CCCc1ccccc1)Cc1c[nH]c2ccccc12. The second kappa shape index (κ2) is 8.52. The standard InChI is InChI=1S/C22H25N2O/c1-17(14-19-16-23-21-12-6-5-11-20(19)21)15-24-22(25)13-7-10-18-8-3-2-4-9-18/h2-6,8-9,11-12,16,23H,7,10,13-15H2,1H3,(H,24,25). The van der Waals surface area contributed by atoms with Crippen molar-refractivity contribution in [2.75, 3.05) is 6.54 Å². The summed E-state index contributed by atoms with van der Waals surface area (Å²) in [5, 5.41) is 4.30. The molecule has 0 saturated heterocycles. The number of rotatable bonds is 8. The third kappa shape index (κ3) is 4.96. The van der Waals surface area contributed by atoms with Gasteiger partial charge < -0.3 is 10.3 Å². The van der Waals surface area contributed by atoms with Crippen LogP contribution in [0.1, 0.15) is 30.9 Å². The Hall–Kier alpha value is -2.55. The van der Waals surface area contributed by atoms with Gasteiger partial charge in [0, 0.05) is 30.1 Å². The van der Waals surface area contributed by atoms with E-state index in [4.69, 9.17) is 0 Å². The maximum Gasteiger partial charge on any atom is 0.220 e. The fourth-order valence-corrected chi connectivity index (χ4v) is 3.10. The number of carbonyl (C=O) groups excluding carboxylic acids is 1. The van der Waals surface area contributed by atoms with E-state index < -0.39 is 0 Å². The van der Waals surface area contributed by atoms with Crippen molar-refractivity contribution in [3.63, 3.8) is 0 Å². The molecule has 3 nitrogen and oxygen atoms in total. The van der Waals surface area contributed by atoms with Crippen LogP contribution in [0.3, 0.4) is 0 Å². The highest BCUT2D eigenvalue weighted by molar-refractivity contribution is 5.83. The van der Waals surface area contributed by atoms with Gasteiger partial charge in [-0.2, -0.15) is 0 Å². The monoisotopic (exact) mass is 333 g/mol. The molecule has 3 aromatic rings. The minimum atomic E-state index is 0.134. The van der Waals surface area contributed by atoms with Crippen molar-refractivity contribution in [2.24, 2.45) is 0 Å². The smallest absolute Gasteiger partial charge is 0.220 e. The summed E-state index contributed by atoms with van der Waals surface area (Å²) in [4.78, 5) is 15.3. The first-order chi connectivity index (χ1) is 12.2. The lowest BCUT2D eigenvalue weighted by atomic mass is 10.0. The van der Waals surface area contributed by atoms with E-state index in [9.17, 15) is 4.79 Å². The lowest BCUT2D eigenvalue weighted by Crippen LogP contribution is -2.28. The molecule has 129 valence electrons. The van der Waals surface area contributed by atoms with Crippen LogP contribution in [-0.2, 0) is 17.6 Å². The van der Waals surface area contributed by atoms with Crippen molar-refractivity contribution < 1.29 is 4.79 Å². The number of aromatic nitrogens is 1. The average molecular weight is 333 g/mol. The predicted octanol–water partition coefficient (Wildman–Crippen LogP) is 4.44. The summed E-state index contributed by atoms with van der Waals surface area (Å²) in [5.41, 5.74) is 3.74. The van der Waals surface area contributed by atoms with Gasteiger partial charge in [0.15, 0.2) is 0 Å². The van der Waals surface area contributed by atoms with Crippen LogP contribution in [0.15, 0.2) is 60.8 Å². The summed E-state index contributed by atoms with van der Waals surface area (Å²) >= 11 is 0. The minimum absolute atomic E-state index is 0.134. The highest BCUT2D eigenvalue weighted by Crippen LogP contribution is 2.21. The molecule has 0 atom stereocenters. The molecule has 3 heteroatoms. The molecule has 0 fully saturated rings. The molecule has 2 aromatic carbocycles. The van der Waals surface area contributed by atoms with E-state index in [0.717, 1.165) is 24.8 Å². The minimum Gasteiger partial charge on any atom is -0.361 e. The molecule has 0 bridgehead atoms. The van der Waals surface area contributed by atoms with Crippen LogP contribution in [0.25, 0.3) is 10.9 Å². The second-order valence-corrected chi connectivity index (χ2v) is 6.61. The van der Waals surface area contributed by atoms with Gasteiger partial charge in [-0.1, -0.05) is 55.5 Å². The highest BCUT2D eigenvalue weighted by Gasteiger charge is 2.10. The number of aryl methyl sites for hydroxylation is 1. The van der Waals surface area contributed by atoms with Crippen LogP contribution in [0.2, 0.25) is 0 Å². The van der Waals surface area contributed by atoms with Gasteiger partial charge in [0.05, 0.1) is 0 Å². The first kappa shape index (κ1) is 17.3. The molecule has 0 spiro atoms. The molecule has 1 amide bonds. The van der Waals surface area contributed by atoms with Crippen molar-refractivity contribution in [1.29, 1.82) is 0 Å². The quantitative estimate of drug-likeness (QED) is 0.629. The van der Waals surface area contributed by atoms with Crippen molar-refractivity contribution in [2.45, 2.75) is 32.6 Å². The molecule has 1 heterocycles. The molecular formula is C22H25N2O. The molecular weight excluding hydrogens is 308 g/mol. The molecule has 0 unspecified atom stereocenters. The third-order valence-corrected chi connectivity index (χ3v) is 4.47. The number of benzene rings is 2. The number of para-hydroxylation sites is 1. The average Bonchev–Trinajstić information content (AvgIpc) is 3.04. The summed E-state index contributed by atoms with van der Waals surface area (Å²) in [5.74, 6) is 1.40. The van der Waals surface area contributed by atoms with Crippen molar-refractivity contribution in [3.05, 3.63) is 77.8 Å². The molecule has 0 aliphatic rings. The van der Waals surface area contributed by atoms with Crippen LogP contribution >= 0.6 is 0 Å². The molecule has 0 aliphatic heterocycles. The van der Waals surface area contributed by atoms with Gasteiger partial charge in [-0.05, 0) is 42.4 Å². The van der Waals surface area contributed by atoms with Gasteiger partial charge in [-0.25, -0.2) is 0 Å². The summed E-state index contributed by atoms with van der Waals surface area (Å²) in [7, 11) is 0. The Bertz CT molecular complexity index is 807. The highest BCUT2D eigenvalue weighted by atomic mass is 16.1. The first-order valence-corrected chi connectivity index (χ1v) is 8.89. The molecule has 0 saturated carbocycles. The van der Waals surface area contributed by atoms with Crippen LogP contribution < -0.4 is 5.32 Å². The molecule has 1 radical (unpaired) electrons. The second-order valence-electron chi connectivity index (χ2n) is 6.61. The number of hydrogen-bond donors (Lipinski definition) is 2. The molecule has 0 aliphatic carbocycles. The van der Waals surface area contributed by atoms with E-state index in [2.05, 4.69) is 53.8 Å². The van der Waals surface area contributed by atoms with Gasteiger partial charge in [0.25, 0.3) is 0 Å². The van der Waals surface area contributed by atoms with E-state index in [0.29, 0.717) is 13.0 Å². The summed E-state index contributed by atoms with van der Waals surface area (Å²) < 4.78 is 0. The Labute approximate surface area is 149 Å². The van der Waals surface area contributed by atoms with Crippen LogP contribution in [0, 0.1) is 5.92 Å². The third-order valence-electron chi connectivity index (χ3n) is 4.47. The number of nitrogens with one attached hydrogen (secondary N) is 2. The van der Waals surface area contributed by atoms with Crippen molar-refractivity contribution >= 4 is 16.8 Å². The van der Waals surface area contributed by atoms with Gasteiger partial charge in [0.2, 0.25) is 5.91 Å². The number of aromatic amines is 1. The molecule has 25 heavy (non-hydrogen) atoms. The van der Waals surface area contributed by atoms with E-state index >= 15 is 0 Å². The fraction of sp³-hybridized carbons (Fsp3) is 0.273. The van der Waals surface area contributed by atoms with E-state index in [1.807, 2.05) is 24.3 Å². The number of hydrogen-bond acceptors (Lipinski definition) is 1. The number of fused-ring (bicyclic) bond motifs is 1. The summed E-state index contributed by atoms with van der Waals surface area (Å²) in [6.45, 7) is 2.75. The van der Waals surface area contributed by atoms with Crippen LogP contribution in [0.5, 0.6) is 0 Å². The zero-order chi connectivity index (χ0) is 17.5. The van der Waals surface area contributed by atoms with Gasteiger partial charge in [-0.15, -0.1) is 0 Å². The van der Waals surface area contributed by atoms with Crippen molar-refractivity contribution in [1.82, 2.24) is 10.3 Å². The van der Waals surface area contributed by atoms with E-state index in [-0.39, 0.29) is 5.91 Å². The Morgan fingerprint density at radius 1 is 1.04 bits per heavy atom. The zero-order valence-corrected chi connectivity index (χ0v) is 14.7. The number of H-pyrrole nitrogens is 1. The Kier molecular flexibility index (Phi) is 5.89. The number of amides is 1. The summed E-state index contributed by atoms with van der Waals surface area (Å²) in [6.07, 6.45) is 5.36. The van der Waals surface area contributed by atoms with E-state index in [1.54, 1.807) is 0 Å². The van der Waals surface area contributed by atoms with Gasteiger partial charge >= 0.3 is 0 Å². The van der Waals surface area contributed by atoms with Gasteiger partial charge in [-0.3, -0.25) is 4.79 Å². The maximum atomic E-state index is 12.0. The maximum absolute atomic E-state index is 12.0. The zero-order valence-electron chi connectivity index (χ0n) is 14.7. The number of carbonyl (C=O) groups is 1. The predicted molar refractivity (Wildman–Crippen MR) is 103 cm³/mol. The largest absolute Gasteiger partial charge is 0.361 e. The van der Waals surface area contributed by atoms with E-state index in [1.165, 1.54) is 22.4 Å². The molecule has 1 aromatic heterocycles. The van der Waals surface area contributed by atoms with Crippen molar-refractivity contribution in [3.8, 4) is 0 Å². The fourth-order valence-electron chi connectivity index (χ4n) is 3.10. The lowest BCUT2D eigenvalue weighted by molar-refractivity contribution is -0.121. The molecule has 3 rings (SSSR count). The Balaban J connectivity index is 1.39. The lowest BCUT2D eigenvalue weighted by Gasteiger charge is -2.12. The van der Waals surface area contributed by atoms with Gasteiger partial charge in [0.1, 0.15) is 0 Å². The molecule has 2 N–H and O–H groups in total.